The fourth-order valence-electron chi connectivity index (χ4n) is 1.59. The molecule has 1 rings (SSSR count). The highest BCUT2D eigenvalue weighted by Crippen LogP contribution is 2.09. The number of rotatable bonds is 8. The van der Waals surface area contributed by atoms with Crippen molar-refractivity contribution in [2.45, 2.75) is 39.0 Å². The highest BCUT2D eigenvalue weighted by molar-refractivity contribution is 5.06. The van der Waals surface area contributed by atoms with Crippen LogP contribution in [0.4, 0.5) is 0 Å². The average Bonchev–Trinajstić information content (AvgIpc) is 2.72. The van der Waals surface area contributed by atoms with Crippen molar-refractivity contribution in [3.63, 3.8) is 0 Å². The van der Waals surface area contributed by atoms with Crippen LogP contribution in [0, 0.1) is 0 Å². The molecule has 0 saturated heterocycles. The molecule has 1 heterocycles. The first-order valence-corrected chi connectivity index (χ1v) is 5.71. The van der Waals surface area contributed by atoms with Crippen molar-refractivity contribution < 1.29 is 14.3 Å². The maximum absolute atomic E-state index is 8.86. The second kappa shape index (κ2) is 7.44. The zero-order chi connectivity index (χ0) is 11.8. The highest BCUT2D eigenvalue weighted by atomic mass is 16.5. The molecule has 16 heavy (non-hydrogen) atoms. The SMILES string of the molecule is CCC(CCO)NCc1ccc(COC)o1. The zero-order valence-electron chi connectivity index (χ0n) is 10.0. The molecule has 92 valence electrons. The highest BCUT2D eigenvalue weighted by Gasteiger charge is 2.06. The van der Waals surface area contributed by atoms with Crippen LogP contribution in [-0.4, -0.2) is 24.9 Å². The molecule has 0 aliphatic carbocycles. The molecule has 0 amide bonds. The van der Waals surface area contributed by atoms with Crippen molar-refractivity contribution in [2.75, 3.05) is 13.7 Å². The molecule has 0 fully saturated rings. The molecule has 1 aromatic rings. The van der Waals surface area contributed by atoms with E-state index >= 15 is 0 Å². The fourth-order valence-corrected chi connectivity index (χ4v) is 1.59. The maximum atomic E-state index is 8.86. The van der Waals surface area contributed by atoms with Crippen LogP contribution >= 0.6 is 0 Å². The van der Waals surface area contributed by atoms with Crippen LogP contribution in [0.25, 0.3) is 0 Å². The number of ether oxygens (including phenoxy) is 1. The van der Waals surface area contributed by atoms with Crippen LogP contribution < -0.4 is 5.32 Å². The molecule has 1 atom stereocenters. The first-order valence-electron chi connectivity index (χ1n) is 5.71. The van der Waals surface area contributed by atoms with Gasteiger partial charge in [0.25, 0.3) is 0 Å². The van der Waals surface area contributed by atoms with E-state index in [-0.39, 0.29) is 6.61 Å². The number of aliphatic hydroxyl groups excluding tert-OH is 1. The molecular formula is C12H21NO3. The summed E-state index contributed by atoms with van der Waals surface area (Å²) in [6, 6.07) is 4.22. The first kappa shape index (κ1) is 13.2. The molecular weight excluding hydrogens is 206 g/mol. The third kappa shape index (κ3) is 4.35. The predicted octanol–water partition coefficient (Wildman–Crippen LogP) is 1.68. The van der Waals surface area contributed by atoms with Gasteiger partial charge >= 0.3 is 0 Å². The van der Waals surface area contributed by atoms with Gasteiger partial charge in [0, 0.05) is 19.8 Å². The normalized spacial score (nSPS) is 12.9. The van der Waals surface area contributed by atoms with E-state index in [0.717, 1.165) is 24.4 Å². The van der Waals surface area contributed by atoms with Gasteiger partial charge in [-0.3, -0.25) is 0 Å². The average molecular weight is 227 g/mol. The Hall–Kier alpha value is -0.840. The van der Waals surface area contributed by atoms with Crippen LogP contribution in [0.2, 0.25) is 0 Å². The van der Waals surface area contributed by atoms with E-state index in [9.17, 15) is 0 Å². The van der Waals surface area contributed by atoms with Gasteiger partial charge in [-0.15, -0.1) is 0 Å². The summed E-state index contributed by atoms with van der Waals surface area (Å²) in [4.78, 5) is 0. The monoisotopic (exact) mass is 227 g/mol. The summed E-state index contributed by atoms with van der Waals surface area (Å²) < 4.78 is 10.5. The number of hydrogen-bond donors (Lipinski definition) is 2. The first-order chi connectivity index (χ1) is 7.80. The van der Waals surface area contributed by atoms with Crippen molar-refractivity contribution in [2.24, 2.45) is 0 Å². The summed E-state index contributed by atoms with van der Waals surface area (Å²) in [6.07, 6.45) is 1.79. The molecule has 0 bridgehead atoms. The Kier molecular flexibility index (Phi) is 6.15. The summed E-state index contributed by atoms with van der Waals surface area (Å²) in [7, 11) is 1.65. The summed E-state index contributed by atoms with van der Waals surface area (Å²) in [6.45, 7) is 3.53. The molecule has 4 nitrogen and oxygen atoms in total. The molecule has 0 aliphatic rings. The number of furan rings is 1. The van der Waals surface area contributed by atoms with Gasteiger partial charge in [0.1, 0.15) is 18.1 Å². The van der Waals surface area contributed by atoms with Crippen LogP contribution in [0.3, 0.4) is 0 Å². The molecule has 1 aromatic heterocycles. The maximum Gasteiger partial charge on any atom is 0.129 e. The second-order valence-corrected chi connectivity index (χ2v) is 3.80. The Balaban J connectivity index is 2.34. The lowest BCUT2D eigenvalue weighted by atomic mass is 10.1. The lowest BCUT2D eigenvalue weighted by Gasteiger charge is -2.14. The number of methoxy groups -OCH3 is 1. The van der Waals surface area contributed by atoms with Crippen molar-refractivity contribution in [1.29, 1.82) is 0 Å². The standard InChI is InChI=1S/C12H21NO3/c1-3-10(6-7-14)13-8-11-4-5-12(16-11)9-15-2/h4-5,10,13-14H,3,6-9H2,1-2H3. The van der Waals surface area contributed by atoms with E-state index in [0.29, 0.717) is 19.2 Å². The summed E-state index contributed by atoms with van der Waals surface area (Å²) in [5.74, 6) is 1.75. The molecule has 0 aliphatic heterocycles. The summed E-state index contributed by atoms with van der Waals surface area (Å²) in [5, 5.41) is 12.2. The molecule has 0 saturated carbocycles. The fraction of sp³-hybridized carbons (Fsp3) is 0.667. The number of aliphatic hydroxyl groups is 1. The molecule has 4 heteroatoms. The van der Waals surface area contributed by atoms with Crippen molar-refractivity contribution in [3.8, 4) is 0 Å². The van der Waals surface area contributed by atoms with Crippen molar-refractivity contribution in [3.05, 3.63) is 23.7 Å². The molecule has 0 spiro atoms. The van der Waals surface area contributed by atoms with E-state index in [4.69, 9.17) is 14.3 Å². The van der Waals surface area contributed by atoms with Crippen molar-refractivity contribution in [1.82, 2.24) is 5.32 Å². The van der Waals surface area contributed by atoms with Gasteiger partial charge < -0.3 is 19.6 Å². The predicted molar refractivity (Wildman–Crippen MR) is 62.0 cm³/mol. The lowest BCUT2D eigenvalue weighted by Crippen LogP contribution is -2.28. The Morgan fingerprint density at radius 3 is 2.81 bits per heavy atom. The topological polar surface area (TPSA) is 54.6 Å². The smallest absolute Gasteiger partial charge is 0.129 e. The summed E-state index contributed by atoms with van der Waals surface area (Å²) in [5.41, 5.74) is 0. The Bertz CT molecular complexity index is 286. The van der Waals surface area contributed by atoms with Crippen molar-refractivity contribution >= 4 is 0 Å². The van der Waals surface area contributed by atoms with E-state index in [1.807, 2.05) is 12.1 Å². The second-order valence-electron chi connectivity index (χ2n) is 3.80. The van der Waals surface area contributed by atoms with E-state index in [2.05, 4.69) is 12.2 Å². The van der Waals surface area contributed by atoms with Crippen LogP contribution in [0.5, 0.6) is 0 Å². The largest absolute Gasteiger partial charge is 0.462 e. The number of nitrogens with one attached hydrogen (secondary N) is 1. The molecule has 0 radical (unpaired) electrons. The Labute approximate surface area is 96.6 Å². The minimum Gasteiger partial charge on any atom is -0.462 e. The van der Waals surface area contributed by atoms with Gasteiger partial charge in [-0.25, -0.2) is 0 Å². The van der Waals surface area contributed by atoms with Gasteiger partial charge in [0.2, 0.25) is 0 Å². The minimum atomic E-state index is 0.221. The molecule has 2 N–H and O–H groups in total. The zero-order valence-corrected chi connectivity index (χ0v) is 10.0. The van der Waals surface area contributed by atoms with E-state index in [1.165, 1.54) is 0 Å². The lowest BCUT2D eigenvalue weighted by molar-refractivity contribution is 0.162. The van der Waals surface area contributed by atoms with Crippen LogP contribution in [-0.2, 0) is 17.9 Å². The van der Waals surface area contributed by atoms with Crippen LogP contribution in [0.15, 0.2) is 16.5 Å². The van der Waals surface area contributed by atoms with Gasteiger partial charge in [0.15, 0.2) is 0 Å². The van der Waals surface area contributed by atoms with Gasteiger partial charge in [0.05, 0.1) is 6.54 Å². The molecule has 0 aromatic carbocycles. The Morgan fingerprint density at radius 1 is 1.44 bits per heavy atom. The third-order valence-corrected chi connectivity index (χ3v) is 2.54. The quantitative estimate of drug-likeness (QED) is 0.709. The number of hydrogen-bond acceptors (Lipinski definition) is 4. The summed E-state index contributed by atoms with van der Waals surface area (Å²) >= 11 is 0. The minimum absolute atomic E-state index is 0.221. The molecule has 1 unspecified atom stereocenters. The van der Waals surface area contributed by atoms with E-state index in [1.54, 1.807) is 7.11 Å². The third-order valence-electron chi connectivity index (χ3n) is 2.54. The van der Waals surface area contributed by atoms with Gasteiger partial charge in [-0.2, -0.15) is 0 Å². The van der Waals surface area contributed by atoms with Crippen LogP contribution in [0.1, 0.15) is 31.3 Å². The van der Waals surface area contributed by atoms with Gasteiger partial charge in [-0.05, 0) is 25.0 Å². The van der Waals surface area contributed by atoms with Gasteiger partial charge in [-0.1, -0.05) is 6.92 Å². The van der Waals surface area contributed by atoms with E-state index < -0.39 is 0 Å². The Morgan fingerprint density at radius 2 is 2.19 bits per heavy atom.